The molecule has 1 aliphatic rings. The zero-order chi connectivity index (χ0) is 21.9. The third-order valence-corrected chi connectivity index (χ3v) is 6.06. The Hall–Kier alpha value is -3.31. The van der Waals surface area contributed by atoms with Gasteiger partial charge < -0.3 is 10.1 Å². The van der Waals surface area contributed by atoms with E-state index in [-0.39, 0.29) is 30.1 Å². The quantitative estimate of drug-likeness (QED) is 0.288. The van der Waals surface area contributed by atoms with Crippen LogP contribution in [0.5, 0.6) is 0 Å². The van der Waals surface area contributed by atoms with Crippen molar-refractivity contribution in [3.05, 3.63) is 69.8 Å². The molecule has 158 valence electrons. The van der Waals surface area contributed by atoms with E-state index in [0.29, 0.717) is 11.1 Å². The molecule has 11 heteroatoms. The summed E-state index contributed by atoms with van der Waals surface area (Å²) in [6.07, 6.45) is 0.195. The standard InChI is InChI=1S/C19H19N3O7S/c1-19(12-13-5-2-3-8-16(13)17(23)29-19)18(24)20-9-10-21-30(27,28)15-7-4-6-14(11-15)22(25)26/h2-8,11,21H,9-10,12H2,1H3,(H,20,24). The lowest BCUT2D eigenvalue weighted by Gasteiger charge is -2.33. The second kappa shape index (κ2) is 8.20. The molecule has 1 amide bonds. The molecule has 0 bridgehead atoms. The molecule has 0 aromatic heterocycles. The first-order valence-electron chi connectivity index (χ1n) is 8.96. The number of carbonyl (C=O) groups is 2. The number of non-ortho nitro benzene ring substituents is 1. The van der Waals surface area contributed by atoms with Gasteiger partial charge in [-0.1, -0.05) is 24.3 Å². The van der Waals surface area contributed by atoms with Crippen molar-refractivity contribution >= 4 is 27.6 Å². The molecule has 2 aromatic carbocycles. The molecular weight excluding hydrogens is 414 g/mol. The highest BCUT2D eigenvalue weighted by Crippen LogP contribution is 2.28. The van der Waals surface area contributed by atoms with Gasteiger partial charge >= 0.3 is 5.97 Å². The second-order valence-corrected chi connectivity index (χ2v) is 8.63. The molecule has 1 unspecified atom stereocenters. The van der Waals surface area contributed by atoms with Gasteiger partial charge in [-0.2, -0.15) is 0 Å². The summed E-state index contributed by atoms with van der Waals surface area (Å²) in [5, 5.41) is 13.3. The van der Waals surface area contributed by atoms with E-state index in [0.717, 1.165) is 6.07 Å². The maximum atomic E-state index is 12.5. The van der Waals surface area contributed by atoms with E-state index in [2.05, 4.69) is 10.0 Å². The van der Waals surface area contributed by atoms with E-state index in [1.54, 1.807) is 24.3 Å². The number of hydrogen-bond acceptors (Lipinski definition) is 7. The molecule has 1 heterocycles. The van der Waals surface area contributed by atoms with Gasteiger partial charge in [-0.3, -0.25) is 14.9 Å². The fourth-order valence-corrected chi connectivity index (χ4v) is 4.13. The summed E-state index contributed by atoms with van der Waals surface area (Å²) in [6, 6.07) is 11.5. The lowest BCUT2D eigenvalue weighted by atomic mass is 9.89. The summed E-state index contributed by atoms with van der Waals surface area (Å²) < 4.78 is 32.1. The number of nitro groups is 1. The van der Waals surface area contributed by atoms with Gasteiger partial charge in [0.15, 0.2) is 5.60 Å². The highest BCUT2D eigenvalue weighted by Gasteiger charge is 2.42. The van der Waals surface area contributed by atoms with E-state index in [1.807, 2.05) is 0 Å². The van der Waals surface area contributed by atoms with Crippen LogP contribution in [0.25, 0.3) is 0 Å². The highest BCUT2D eigenvalue weighted by atomic mass is 32.2. The van der Waals surface area contributed by atoms with Crippen molar-refractivity contribution < 1.29 is 27.7 Å². The van der Waals surface area contributed by atoms with Crippen LogP contribution >= 0.6 is 0 Å². The molecular formula is C19H19N3O7S. The molecule has 2 aromatic rings. The Kier molecular flexibility index (Phi) is 5.85. The summed E-state index contributed by atoms with van der Waals surface area (Å²) in [7, 11) is -3.99. The summed E-state index contributed by atoms with van der Waals surface area (Å²) >= 11 is 0. The number of nitrogens with zero attached hydrogens (tertiary/aromatic N) is 1. The van der Waals surface area contributed by atoms with Gasteiger partial charge in [0.2, 0.25) is 10.0 Å². The SMILES string of the molecule is CC1(C(=O)NCCNS(=O)(=O)c2cccc([N+](=O)[O-])c2)Cc2ccccc2C(=O)O1. The van der Waals surface area contributed by atoms with E-state index in [1.165, 1.54) is 25.1 Å². The van der Waals surface area contributed by atoms with Crippen molar-refractivity contribution in [2.75, 3.05) is 13.1 Å². The minimum Gasteiger partial charge on any atom is -0.445 e. The average molecular weight is 433 g/mol. The van der Waals surface area contributed by atoms with Crippen LogP contribution in [0.15, 0.2) is 53.4 Å². The molecule has 0 spiro atoms. The maximum Gasteiger partial charge on any atom is 0.339 e. The molecule has 0 saturated carbocycles. The minimum absolute atomic E-state index is 0.0677. The third-order valence-electron chi connectivity index (χ3n) is 4.60. The van der Waals surface area contributed by atoms with Gasteiger partial charge in [0.25, 0.3) is 11.6 Å². The maximum absolute atomic E-state index is 12.5. The molecule has 2 N–H and O–H groups in total. The molecule has 0 saturated heterocycles. The number of sulfonamides is 1. The molecule has 0 fully saturated rings. The monoisotopic (exact) mass is 433 g/mol. The minimum atomic E-state index is -3.99. The number of rotatable bonds is 7. The molecule has 1 atom stereocenters. The molecule has 3 rings (SSSR count). The molecule has 10 nitrogen and oxygen atoms in total. The Labute approximate surface area is 172 Å². The second-order valence-electron chi connectivity index (χ2n) is 6.86. The average Bonchev–Trinajstić information content (AvgIpc) is 2.71. The Morgan fingerprint density at radius 1 is 1.20 bits per heavy atom. The first-order chi connectivity index (χ1) is 14.1. The topological polar surface area (TPSA) is 145 Å². The third kappa shape index (κ3) is 4.47. The van der Waals surface area contributed by atoms with Crippen LogP contribution in [0.4, 0.5) is 5.69 Å². The highest BCUT2D eigenvalue weighted by molar-refractivity contribution is 7.89. The van der Waals surface area contributed by atoms with Crippen LogP contribution in [0.1, 0.15) is 22.8 Å². The number of esters is 1. The largest absolute Gasteiger partial charge is 0.445 e. The first-order valence-corrected chi connectivity index (χ1v) is 10.4. The van der Waals surface area contributed by atoms with Gasteiger partial charge in [-0.25, -0.2) is 17.9 Å². The number of nitro benzene ring substituents is 1. The Morgan fingerprint density at radius 3 is 2.67 bits per heavy atom. The van der Waals surface area contributed by atoms with Crippen molar-refractivity contribution in [2.45, 2.75) is 23.8 Å². The number of ether oxygens (including phenoxy) is 1. The lowest BCUT2D eigenvalue weighted by molar-refractivity contribution is -0.385. The predicted octanol–water partition coefficient (Wildman–Crippen LogP) is 1.16. The zero-order valence-corrected chi connectivity index (χ0v) is 16.8. The van der Waals surface area contributed by atoms with Gasteiger partial charge in [0.1, 0.15) is 0 Å². The van der Waals surface area contributed by atoms with E-state index in [9.17, 15) is 28.1 Å². The normalized spacial score (nSPS) is 18.2. The summed E-state index contributed by atoms with van der Waals surface area (Å²) in [6.45, 7) is 1.27. The number of carbonyl (C=O) groups excluding carboxylic acids is 2. The van der Waals surface area contributed by atoms with Gasteiger partial charge in [-0.15, -0.1) is 0 Å². The molecule has 0 radical (unpaired) electrons. The Bertz CT molecular complexity index is 1120. The molecule has 1 aliphatic heterocycles. The fraction of sp³-hybridized carbons (Fsp3) is 0.263. The van der Waals surface area contributed by atoms with E-state index < -0.39 is 32.4 Å². The summed E-state index contributed by atoms with van der Waals surface area (Å²) in [5.74, 6) is -1.15. The van der Waals surface area contributed by atoms with Crippen LogP contribution in [0.3, 0.4) is 0 Å². The van der Waals surface area contributed by atoms with Gasteiger partial charge in [0, 0.05) is 31.6 Å². The number of hydrogen-bond donors (Lipinski definition) is 2. The van der Waals surface area contributed by atoms with Gasteiger partial charge in [0.05, 0.1) is 15.4 Å². The van der Waals surface area contributed by atoms with Crippen molar-refractivity contribution in [3.63, 3.8) is 0 Å². The number of fused-ring (bicyclic) bond motifs is 1. The van der Waals surface area contributed by atoms with Crippen LogP contribution in [0.2, 0.25) is 0 Å². The van der Waals surface area contributed by atoms with Crippen LogP contribution in [-0.4, -0.2) is 43.9 Å². The van der Waals surface area contributed by atoms with Crippen LogP contribution < -0.4 is 10.0 Å². The van der Waals surface area contributed by atoms with Crippen LogP contribution in [0, 0.1) is 10.1 Å². The van der Waals surface area contributed by atoms with Crippen molar-refractivity contribution in [3.8, 4) is 0 Å². The van der Waals surface area contributed by atoms with Gasteiger partial charge in [-0.05, 0) is 24.6 Å². The Balaban J connectivity index is 1.58. The Morgan fingerprint density at radius 2 is 1.93 bits per heavy atom. The van der Waals surface area contributed by atoms with Crippen LogP contribution in [-0.2, 0) is 26.0 Å². The smallest absolute Gasteiger partial charge is 0.339 e. The molecule has 0 aliphatic carbocycles. The fourth-order valence-electron chi connectivity index (χ4n) is 3.06. The van der Waals surface area contributed by atoms with Crippen molar-refractivity contribution in [1.82, 2.24) is 10.0 Å². The number of cyclic esters (lactones) is 1. The number of benzene rings is 2. The van der Waals surface area contributed by atoms with E-state index in [4.69, 9.17) is 4.74 Å². The van der Waals surface area contributed by atoms with E-state index >= 15 is 0 Å². The van der Waals surface area contributed by atoms with Crippen molar-refractivity contribution in [1.29, 1.82) is 0 Å². The molecule has 30 heavy (non-hydrogen) atoms. The summed E-state index contributed by atoms with van der Waals surface area (Å²) in [5.41, 5.74) is -0.659. The predicted molar refractivity (Wildman–Crippen MR) is 105 cm³/mol. The lowest BCUT2D eigenvalue weighted by Crippen LogP contribution is -2.52. The zero-order valence-electron chi connectivity index (χ0n) is 16.0. The summed E-state index contributed by atoms with van der Waals surface area (Å²) in [4.78, 5) is 34.6. The van der Waals surface area contributed by atoms with Crippen molar-refractivity contribution in [2.24, 2.45) is 0 Å². The first kappa shape index (κ1) is 21.4. The number of nitrogens with one attached hydrogen (secondary N) is 2. The number of amides is 1.